The molecule has 0 aliphatic heterocycles. The maximum Gasteiger partial charge on any atom is 0.294 e. The van der Waals surface area contributed by atoms with Crippen LogP contribution in [0.1, 0.15) is 0 Å². The molecule has 10 heteroatoms. The first kappa shape index (κ1) is 14.3. The molecule has 0 heterocycles. The molecule has 0 aliphatic carbocycles. The Bertz CT molecular complexity index is 223. The van der Waals surface area contributed by atoms with Crippen LogP contribution in [0.2, 0.25) is 0 Å². The van der Waals surface area contributed by atoms with Crippen LogP contribution in [0, 0.1) is 20.2 Å². The lowest BCUT2D eigenvalue weighted by Crippen LogP contribution is -2.28. The molecule has 0 aliphatic rings. The Kier molecular flexibility index (Phi) is 7.71. The lowest BCUT2D eigenvalue weighted by molar-refractivity contribution is -0.760. The Morgan fingerprint density at radius 3 is 2.19 bits per heavy atom. The second kappa shape index (κ2) is 8.61. The molecule has 10 nitrogen and oxygen atoms in total. The molecule has 0 saturated carbocycles. The summed E-state index contributed by atoms with van der Waals surface area (Å²) < 4.78 is 9.71. The number of hydrogen-bond donors (Lipinski definition) is 0. The number of nitrogens with zero attached hydrogens (tertiary/aromatic N) is 2. The summed E-state index contributed by atoms with van der Waals surface area (Å²) in [6, 6.07) is 0. The van der Waals surface area contributed by atoms with Gasteiger partial charge in [-0.15, -0.1) is 20.2 Å². The van der Waals surface area contributed by atoms with E-state index in [9.17, 15) is 20.2 Å². The van der Waals surface area contributed by atoms with E-state index in [0.29, 0.717) is 0 Å². The molecule has 1 atom stereocenters. The van der Waals surface area contributed by atoms with Crippen LogP contribution in [0.3, 0.4) is 0 Å². The van der Waals surface area contributed by atoms with E-state index < -0.39 is 16.3 Å². The summed E-state index contributed by atoms with van der Waals surface area (Å²) in [6.07, 6.45) is -0.675. The second-order valence-corrected chi connectivity index (χ2v) is 2.52. The van der Waals surface area contributed by atoms with Crippen LogP contribution in [0.25, 0.3) is 0 Å². The first-order chi connectivity index (χ1) is 7.56. The second-order valence-electron chi connectivity index (χ2n) is 2.52. The highest BCUT2D eigenvalue weighted by molar-refractivity contribution is 4.53. The molecule has 0 radical (unpaired) electrons. The highest BCUT2D eigenvalue weighted by Gasteiger charge is 2.11. The minimum absolute atomic E-state index is 0.0757. The summed E-state index contributed by atoms with van der Waals surface area (Å²) in [7, 11) is 1.38. The Labute approximate surface area is 90.2 Å². The third-order valence-corrected chi connectivity index (χ3v) is 1.35. The van der Waals surface area contributed by atoms with Crippen molar-refractivity contribution in [1.29, 1.82) is 0 Å². The van der Waals surface area contributed by atoms with Crippen LogP contribution in [-0.2, 0) is 19.1 Å². The largest absolute Gasteiger partial charge is 0.382 e. The molecule has 0 aromatic heterocycles. The molecule has 0 aromatic carbocycles. The molecule has 94 valence electrons. The zero-order valence-electron chi connectivity index (χ0n) is 8.57. The van der Waals surface area contributed by atoms with Crippen molar-refractivity contribution in [3.05, 3.63) is 20.2 Å². The maximum absolute atomic E-state index is 9.90. The number of methoxy groups -OCH3 is 1. The molecule has 16 heavy (non-hydrogen) atoms. The monoisotopic (exact) mass is 240 g/mol. The average molecular weight is 240 g/mol. The highest BCUT2D eigenvalue weighted by Crippen LogP contribution is 1.95. The van der Waals surface area contributed by atoms with Crippen molar-refractivity contribution in [2.24, 2.45) is 0 Å². The van der Waals surface area contributed by atoms with Crippen molar-refractivity contribution in [2.75, 3.05) is 33.5 Å². The van der Waals surface area contributed by atoms with Crippen molar-refractivity contribution in [2.45, 2.75) is 6.10 Å². The maximum atomic E-state index is 9.90. The van der Waals surface area contributed by atoms with Gasteiger partial charge in [-0.3, -0.25) is 0 Å². The van der Waals surface area contributed by atoms with Crippen molar-refractivity contribution in [3.8, 4) is 0 Å². The van der Waals surface area contributed by atoms with Gasteiger partial charge in [-0.2, -0.15) is 0 Å². The van der Waals surface area contributed by atoms with Crippen molar-refractivity contribution in [1.82, 2.24) is 0 Å². The number of rotatable bonds is 10. The molecule has 0 N–H and O–H groups in total. The van der Waals surface area contributed by atoms with Crippen LogP contribution < -0.4 is 0 Å². The van der Waals surface area contributed by atoms with Crippen molar-refractivity contribution >= 4 is 0 Å². The van der Waals surface area contributed by atoms with Crippen LogP contribution >= 0.6 is 0 Å². The average Bonchev–Trinajstić information content (AvgIpc) is 2.20. The van der Waals surface area contributed by atoms with Crippen LogP contribution in [0.4, 0.5) is 0 Å². The molecule has 0 aromatic rings. The van der Waals surface area contributed by atoms with E-state index in [-0.39, 0.29) is 26.4 Å². The van der Waals surface area contributed by atoms with Gasteiger partial charge < -0.3 is 19.1 Å². The van der Waals surface area contributed by atoms with Gasteiger partial charge in [-0.05, 0) is 0 Å². The van der Waals surface area contributed by atoms with Gasteiger partial charge in [-0.1, -0.05) is 0 Å². The topological polar surface area (TPSA) is 123 Å². The van der Waals surface area contributed by atoms with E-state index in [2.05, 4.69) is 9.68 Å². The minimum Gasteiger partial charge on any atom is -0.382 e. The molecule has 0 rings (SSSR count). The first-order valence-corrected chi connectivity index (χ1v) is 4.21. The lowest BCUT2D eigenvalue weighted by Gasteiger charge is -2.15. The Balaban J connectivity index is 3.66. The summed E-state index contributed by atoms with van der Waals surface area (Å²) in [4.78, 5) is 27.7. The van der Waals surface area contributed by atoms with E-state index in [1.165, 1.54) is 7.11 Å². The smallest absolute Gasteiger partial charge is 0.294 e. The normalized spacial score (nSPS) is 11.8. The summed E-state index contributed by atoms with van der Waals surface area (Å²) in [5.41, 5.74) is 0. The molecular formula is C6H12N2O8. The molecule has 0 saturated heterocycles. The third kappa shape index (κ3) is 8.90. The summed E-state index contributed by atoms with van der Waals surface area (Å²) >= 11 is 0. The molecule has 1 unspecified atom stereocenters. The predicted molar refractivity (Wildman–Crippen MR) is 47.5 cm³/mol. The standard InChI is InChI=1S/C6H12N2O8/c1-13-4-6(5-16-8(11)12)14-2-3-15-7(9)10/h6H,2-5H2,1H3. The summed E-state index contributed by atoms with van der Waals surface area (Å²) in [5, 5.41) is 17.8. The third-order valence-electron chi connectivity index (χ3n) is 1.35. The van der Waals surface area contributed by atoms with Gasteiger partial charge >= 0.3 is 0 Å². The zero-order chi connectivity index (χ0) is 12.4. The predicted octanol–water partition coefficient (Wildman–Crippen LogP) is -0.565. The van der Waals surface area contributed by atoms with Gasteiger partial charge in [0.25, 0.3) is 10.2 Å². The fraction of sp³-hybridized carbons (Fsp3) is 1.00. The zero-order valence-corrected chi connectivity index (χ0v) is 8.57. The highest BCUT2D eigenvalue weighted by atomic mass is 17.0. The summed E-state index contributed by atoms with van der Waals surface area (Å²) in [6.45, 7) is -0.576. The van der Waals surface area contributed by atoms with E-state index in [0.717, 1.165) is 0 Å². The molecule has 0 fully saturated rings. The first-order valence-electron chi connectivity index (χ1n) is 4.21. The van der Waals surface area contributed by atoms with Gasteiger partial charge in [-0.25, -0.2) is 0 Å². The fourth-order valence-corrected chi connectivity index (χ4v) is 0.801. The number of ether oxygens (including phenoxy) is 2. The van der Waals surface area contributed by atoms with E-state index in [4.69, 9.17) is 9.47 Å². The van der Waals surface area contributed by atoms with E-state index in [1.54, 1.807) is 0 Å². The molecule has 0 spiro atoms. The molecular weight excluding hydrogens is 228 g/mol. The molecule has 0 bridgehead atoms. The Morgan fingerprint density at radius 2 is 1.69 bits per heavy atom. The quantitative estimate of drug-likeness (QED) is 0.282. The van der Waals surface area contributed by atoms with Crippen molar-refractivity contribution < 1.29 is 29.3 Å². The van der Waals surface area contributed by atoms with Gasteiger partial charge in [0.05, 0.1) is 13.2 Å². The SMILES string of the molecule is COCC(CO[N+](=O)[O-])OCCO[N+](=O)[O-]. The van der Waals surface area contributed by atoms with Gasteiger partial charge in [0.15, 0.2) is 0 Å². The van der Waals surface area contributed by atoms with E-state index in [1.807, 2.05) is 0 Å². The molecule has 0 amide bonds. The van der Waals surface area contributed by atoms with Crippen molar-refractivity contribution in [3.63, 3.8) is 0 Å². The van der Waals surface area contributed by atoms with Gasteiger partial charge in [0, 0.05) is 7.11 Å². The number of hydrogen-bond acceptors (Lipinski definition) is 8. The Hall–Kier alpha value is -1.68. The van der Waals surface area contributed by atoms with Crippen LogP contribution in [0.15, 0.2) is 0 Å². The fourth-order valence-electron chi connectivity index (χ4n) is 0.801. The van der Waals surface area contributed by atoms with Crippen LogP contribution in [-0.4, -0.2) is 49.8 Å². The lowest BCUT2D eigenvalue weighted by atomic mass is 10.4. The van der Waals surface area contributed by atoms with Gasteiger partial charge in [0.2, 0.25) is 0 Å². The van der Waals surface area contributed by atoms with E-state index >= 15 is 0 Å². The van der Waals surface area contributed by atoms with Crippen LogP contribution in [0.5, 0.6) is 0 Å². The summed E-state index contributed by atoms with van der Waals surface area (Å²) in [5.74, 6) is 0. The van der Waals surface area contributed by atoms with Gasteiger partial charge in [0.1, 0.15) is 19.3 Å². The minimum atomic E-state index is -0.959. The Morgan fingerprint density at radius 1 is 1.06 bits per heavy atom.